The molecule has 1 heterocycles. The lowest BCUT2D eigenvalue weighted by atomic mass is 9.49. The van der Waals surface area contributed by atoms with Crippen LogP contribution in [-0.2, 0) is 5.41 Å². The number of fused-ring (bicyclic) bond motifs is 1. The minimum atomic E-state index is 0.383. The van der Waals surface area contributed by atoms with Gasteiger partial charge in [-0.15, -0.1) is 0 Å². The Hall–Kier alpha value is -1.31. The van der Waals surface area contributed by atoms with Gasteiger partial charge in [-0.05, 0) is 87.3 Å². The van der Waals surface area contributed by atoms with Crippen LogP contribution < -0.4 is 0 Å². The van der Waals surface area contributed by atoms with Crippen molar-refractivity contribution >= 4 is 11.0 Å². The monoisotopic (exact) mass is 280 g/mol. The van der Waals surface area contributed by atoms with E-state index in [0.29, 0.717) is 5.41 Å². The van der Waals surface area contributed by atoms with E-state index in [4.69, 9.17) is 4.98 Å². The van der Waals surface area contributed by atoms with Crippen LogP contribution in [0, 0.1) is 31.6 Å². The van der Waals surface area contributed by atoms with Crippen molar-refractivity contribution in [1.82, 2.24) is 9.97 Å². The van der Waals surface area contributed by atoms with Crippen LogP contribution in [0.5, 0.6) is 0 Å². The normalized spacial score (nSPS) is 37.5. The average Bonchev–Trinajstić information content (AvgIpc) is 2.82. The lowest BCUT2D eigenvalue weighted by Gasteiger charge is -2.55. The maximum Gasteiger partial charge on any atom is 0.113 e. The zero-order chi connectivity index (χ0) is 14.2. The van der Waals surface area contributed by atoms with Crippen LogP contribution in [0.4, 0.5) is 0 Å². The van der Waals surface area contributed by atoms with Crippen LogP contribution in [0.15, 0.2) is 12.1 Å². The zero-order valence-electron chi connectivity index (χ0n) is 13.1. The molecular weight excluding hydrogens is 256 g/mol. The Balaban J connectivity index is 1.65. The topological polar surface area (TPSA) is 28.7 Å². The van der Waals surface area contributed by atoms with E-state index in [0.717, 1.165) is 17.8 Å². The molecule has 21 heavy (non-hydrogen) atoms. The molecule has 0 atom stereocenters. The molecule has 4 fully saturated rings. The Labute approximate surface area is 126 Å². The minimum absolute atomic E-state index is 0.383. The van der Waals surface area contributed by atoms with Crippen molar-refractivity contribution in [2.75, 3.05) is 0 Å². The van der Waals surface area contributed by atoms with Crippen LogP contribution >= 0.6 is 0 Å². The van der Waals surface area contributed by atoms with Crippen molar-refractivity contribution in [3.8, 4) is 0 Å². The summed E-state index contributed by atoms with van der Waals surface area (Å²) in [4.78, 5) is 8.81. The summed E-state index contributed by atoms with van der Waals surface area (Å²) in [6, 6.07) is 4.52. The highest BCUT2D eigenvalue weighted by molar-refractivity contribution is 5.79. The van der Waals surface area contributed by atoms with Gasteiger partial charge in [-0.3, -0.25) is 0 Å². The summed E-state index contributed by atoms with van der Waals surface area (Å²) in [5.41, 5.74) is 5.48. The number of aryl methyl sites for hydroxylation is 2. The molecule has 4 saturated carbocycles. The van der Waals surface area contributed by atoms with Crippen molar-refractivity contribution in [2.45, 2.75) is 57.8 Å². The predicted octanol–water partition coefficient (Wildman–Crippen LogP) is 4.65. The second-order valence-electron chi connectivity index (χ2n) is 8.26. The van der Waals surface area contributed by atoms with Crippen molar-refractivity contribution in [1.29, 1.82) is 0 Å². The Morgan fingerprint density at radius 2 is 1.62 bits per heavy atom. The van der Waals surface area contributed by atoms with Gasteiger partial charge in [0.25, 0.3) is 0 Å². The smallest absolute Gasteiger partial charge is 0.113 e. The molecule has 4 aliphatic rings. The SMILES string of the molecule is Cc1cc(C)c2nc(C34CC5CC(CC(C5)C3)C4)[nH]c2c1. The Bertz CT molecular complexity index is 689. The maximum atomic E-state index is 5.09. The lowest BCUT2D eigenvalue weighted by molar-refractivity contribution is -0.00887. The molecule has 2 nitrogen and oxygen atoms in total. The van der Waals surface area contributed by atoms with E-state index in [-0.39, 0.29) is 0 Å². The first-order valence-corrected chi connectivity index (χ1v) is 8.59. The molecule has 0 unspecified atom stereocenters. The second-order valence-corrected chi connectivity index (χ2v) is 8.26. The maximum absolute atomic E-state index is 5.09. The van der Waals surface area contributed by atoms with Gasteiger partial charge in [-0.1, -0.05) is 6.07 Å². The quantitative estimate of drug-likeness (QED) is 0.809. The summed E-state index contributed by atoms with van der Waals surface area (Å²) in [5.74, 6) is 4.25. The average molecular weight is 280 g/mol. The number of H-pyrrole nitrogens is 1. The molecule has 1 aromatic carbocycles. The molecule has 2 aromatic rings. The van der Waals surface area contributed by atoms with Crippen molar-refractivity contribution in [3.05, 3.63) is 29.1 Å². The summed E-state index contributed by atoms with van der Waals surface area (Å²) in [6.07, 6.45) is 8.65. The van der Waals surface area contributed by atoms with Crippen molar-refractivity contribution in [3.63, 3.8) is 0 Å². The molecule has 0 saturated heterocycles. The first-order valence-electron chi connectivity index (χ1n) is 8.59. The molecule has 1 N–H and O–H groups in total. The highest BCUT2D eigenvalue weighted by Crippen LogP contribution is 2.60. The molecule has 0 aliphatic heterocycles. The molecule has 6 rings (SSSR count). The van der Waals surface area contributed by atoms with Crippen LogP contribution in [0.2, 0.25) is 0 Å². The first-order chi connectivity index (χ1) is 10.1. The first kappa shape index (κ1) is 12.3. The van der Waals surface area contributed by atoms with E-state index in [1.807, 2.05) is 0 Å². The molecule has 1 aromatic heterocycles. The summed E-state index contributed by atoms with van der Waals surface area (Å²) in [7, 11) is 0. The fraction of sp³-hybridized carbons (Fsp3) is 0.632. The van der Waals surface area contributed by atoms with Gasteiger partial charge in [0.2, 0.25) is 0 Å². The molecule has 0 spiro atoms. The van der Waals surface area contributed by atoms with E-state index >= 15 is 0 Å². The molecule has 0 radical (unpaired) electrons. The summed E-state index contributed by atoms with van der Waals surface area (Å²) in [6.45, 7) is 4.37. The fourth-order valence-electron chi connectivity index (χ4n) is 6.12. The number of rotatable bonds is 1. The van der Waals surface area contributed by atoms with Gasteiger partial charge in [0.1, 0.15) is 5.82 Å². The third kappa shape index (κ3) is 1.68. The largest absolute Gasteiger partial charge is 0.341 e. The van der Waals surface area contributed by atoms with Crippen LogP contribution in [0.25, 0.3) is 11.0 Å². The highest BCUT2D eigenvalue weighted by atomic mass is 15.0. The second kappa shape index (κ2) is 3.91. The van der Waals surface area contributed by atoms with Gasteiger partial charge in [0.05, 0.1) is 11.0 Å². The summed E-state index contributed by atoms with van der Waals surface area (Å²) < 4.78 is 0. The van der Waals surface area contributed by atoms with Gasteiger partial charge in [0, 0.05) is 5.41 Å². The third-order valence-corrected chi connectivity index (χ3v) is 6.46. The number of benzene rings is 1. The zero-order valence-corrected chi connectivity index (χ0v) is 13.1. The Morgan fingerprint density at radius 3 is 2.24 bits per heavy atom. The number of aromatic amines is 1. The minimum Gasteiger partial charge on any atom is -0.341 e. The molecular formula is C19H24N2. The fourth-order valence-corrected chi connectivity index (χ4v) is 6.12. The standard InChI is InChI=1S/C19H24N2/c1-11-3-12(2)17-16(4-11)20-18(21-17)19-8-13-5-14(9-19)7-15(6-13)10-19/h3-4,13-15H,5-10H2,1-2H3,(H,20,21). The molecule has 2 heteroatoms. The molecule has 0 amide bonds. The van der Waals surface area contributed by atoms with E-state index in [1.54, 1.807) is 0 Å². The van der Waals surface area contributed by atoms with E-state index in [2.05, 4.69) is 31.0 Å². The van der Waals surface area contributed by atoms with Crippen LogP contribution in [-0.4, -0.2) is 9.97 Å². The number of imidazole rings is 1. The van der Waals surface area contributed by atoms with E-state index in [9.17, 15) is 0 Å². The number of hydrogen-bond acceptors (Lipinski definition) is 1. The van der Waals surface area contributed by atoms with Gasteiger partial charge in [0.15, 0.2) is 0 Å². The number of nitrogens with zero attached hydrogens (tertiary/aromatic N) is 1. The number of hydrogen-bond donors (Lipinski definition) is 1. The third-order valence-electron chi connectivity index (χ3n) is 6.46. The van der Waals surface area contributed by atoms with Gasteiger partial charge in [-0.25, -0.2) is 4.98 Å². The van der Waals surface area contributed by atoms with Gasteiger partial charge < -0.3 is 4.98 Å². The molecule has 4 aliphatic carbocycles. The lowest BCUT2D eigenvalue weighted by Crippen LogP contribution is -2.49. The van der Waals surface area contributed by atoms with Crippen LogP contribution in [0.3, 0.4) is 0 Å². The van der Waals surface area contributed by atoms with E-state index in [1.165, 1.54) is 66.5 Å². The Kier molecular flexibility index (Phi) is 2.28. The highest BCUT2D eigenvalue weighted by Gasteiger charge is 2.53. The van der Waals surface area contributed by atoms with E-state index < -0.39 is 0 Å². The molecule has 110 valence electrons. The summed E-state index contributed by atoms with van der Waals surface area (Å²) in [5, 5.41) is 0. The van der Waals surface area contributed by atoms with Gasteiger partial charge in [-0.2, -0.15) is 0 Å². The van der Waals surface area contributed by atoms with Crippen molar-refractivity contribution < 1.29 is 0 Å². The summed E-state index contributed by atoms with van der Waals surface area (Å²) >= 11 is 0. The van der Waals surface area contributed by atoms with Gasteiger partial charge >= 0.3 is 0 Å². The number of nitrogens with one attached hydrogen (secondary N) is 1. The van der Waals surface area contributed by atoms with Crippen molar-refractivity contribution in [2.24, 2.45) is 17.8 Å². The Morgan fingerprint density at radius 1 is 1.00 bits per heavy atom. The number of aromatic nitrogens is 2. The predicted molar refractivity (Wildman–Crippen MR) is 85.4 cm³/mol. The molecule has 4 bridgehead atoms. The van der Waals surface area contributed by atoms with Crippen LogP contribution in [0.1, 0.15) is 55.5 Å².